The molecule has 2 fully saturated rings. The van der Waals surface area contributed by atoms with E-state index in [4.69, 9.17) is 5.73 Å². The fourth-order valence-corrected chi connectivity index (χ4v) is 3.33. The standard InChI is InChI=1S/C13H26N2/c14-10-13(11-6-4-5-7-11)15-12-8-2-1-3-9-12/h11-13,15H,1-10,14H2. The number of nitrogens with one attached hydrogen (secondary N) is 1. The van der Waals surface area contributed by atoms with Crippen LogP contribution in [-0.4, -0.2) is 18.6 Å². The molecule has 2 heteroatoms. The maximum atomic E-state index is 5.91. The van der Waals surface area contributed by atoms with Gasteiger partial charge < -0.3 is 11.1 Å². The Morgan fingerprint density at radius 1 is 0.933 bits per heavy atom. The van der Waals surface area contributed by atoms with Gasteiger partial charge in [0.25, 0.3) is 0 Å². The zero-order valence-electron chi connectivity index (χ0n) is 9.88. The van der Waals surface area contributed by atoms with E-state index in [0.717, 1.165) is 18.5 Å². The summed E-state index contributed by atoms with van der Waals surface area (Å²) < 4.78 is 0. The average molecular weight is 210 g/mol. The Kier molecular flexibility index (Phi) is 4.45. The highest BCUT2D eigenvalue weighted by molar-refractivity contribution is 4.85. The smallest absolute Gasteiger partial charge is 0.0221 e. The van der Waals surface area contributed by atoms with Gasteiger partial charge in [-0.05, 0) is 31.6 Å². The molecule has 0 aromatic heterocycles. The van der Waals surface area contributed by atoms with Crippen LogP contribution in [0.15, 0.2) is 0 Å². The van der Waals surface area contributed by atoms with Crippen LogP contribution in [0.1, 0.15) is 57.8 Å². The van der Waals surface area contributed by atoms with Crippen LogP contribution in [0.5, 0.6) is 0 Å². The minimum Gasteiger partial charge on any atom is -0.329 e. The van der Waals surface area contributed by atoms with E-state index in [2.05, 4.69) is 5.32 Å². The molecular formula is C13H26N2. The Hall–Kier alpha value is -0.0800. The third kappa shape index (κ3) is 3.18. The second kappa shape index (κ2) is 5.86. The summed E-state index contributed by atoms with van der Waals surface area (Å²) in [5, 5.41) is 3.82. The number of rotatable bonds is 4. The molecule has 2 nitrogen and oxygen atoms in total. The summed E-state index contributed by atoms with van der Waals surface area (Å²) in [4.78, 5) is 0. The number of hydrogen-bond donors (Lipinski definition) is 2. The first-order chi connectivity index (χ1) is 7.40. The Morgan fingerprint density at radius 2 is 1.53 bits per heavy atom. The SMILES string of the molecule is NCC(NC1CCCCC1)C1CCCC1. The van der Waals surface area contributed by atoms with E-state index < -0.39 is 0 Å². The largest absolute Gasteiger partial charge is 0.329 e. The quantitative estimate of drug-likeness (QED) is 0.748. The average Bonchev–Trinajstić information content (AvgIpc) is 2.81. The zero-order valence-corrected chi connectivity index (χ0v) is 9.88. The van der Waals surface area contributed by atoms with Gasteiger partial charge in [0.15, 0.2) is 0 Å². The van der Waals surface area contributed by atoms with Crippen molar-refractivity contribution in [2.75, 3.05) is 6.54 Å². The fraction of sp³-hybridized carbons (Fsp3) is 1.00. The summed E-state index contributed by atoms with van der Waals surface area (Å²) in [6.45, 7) is 0.834. The highest BCUT2D eigenvalue weighted by Gasteiger charge is 2.26. The molecular weight excluding hydrogens is 184 g/mol. The Morgan fingerprint density at radius 3 is 2.13 bits per heavy atom. The van der Waals surface area contributed by atoms with Gasteiger partial charge >= 0.3 is 0 Å². The van der Waals surface area contributed by atoms with Crippen LogP contribution in [0.4, 0.5) is 0 Å². The molecule has 0 bridgehead atoms. The molecule has 0 aromatic rings. The van der Waals surface area contributed by atoms with Crippen molar-refractivity contribution in [3.8, 4) is 0 Å². The van der Waals surface area contributed by atoms with Crippen LogP contribution < -0.4 is 11.1 Å². The molecule has 0 saturated heterocycles. The molecule has 0 aromatic carbocycles. The normalized spacial score (nSPS) is 27.0. The minimum atomic E-state index is 0.607. The molecule has 2 saturated carbocycles. The van der Waals surface area contributed by atoms with Crippen molar-refractivity contribution in [2.24, 2.45) is 11.7 Å². The first kappa shape index (κ1) is 11.4. The van der Waals surface area contributed by atoms with Crippen LogP contribution in [0.25, 0.3) is 0 Å². The lowest BCUT2D eigenvalue weighted by molar-refractivity contribution is 0.283. The third-order valence-electron chi connectivity index (χ3n) is 4.28. The topological polar surface area (TPSA) is 38.0 Å². The van der Waals surface area contributed by atoms with E-state index in [1.165, 1.54) is 57.8 Å². The van der Waals surface area contributed by atoms with Crippen molar-refractivity contribution in [3.05, 3.63) is 0 Å². The van der Waals surface area contributed by atoms with Gasteiger partial charge in [0.1, 0.15) is 0 Å². The summed E-state index contributed by atoms with van der Waals surface area (Å²) in [6.07, 6.45) is 12.7. The van der Waals surface area contributed by atoms with Gasteiger partial charge in [0, 0.05) is 18.6 Å². The maximum Gasteiger partial charge on any atom is 0.0221 e. The summed E-state index contributed by atoms with van der Waals surface area (Å²) in [7, 11) is 0. The van der Waals surface area contributed by atoms with Crippen molar-refractivity contribution in [1.82, 2.24) is 5.32 Å². The van der Waals surface area contributed by atoms with Gasteiger partial charge in [-0.1, -0.05) is 32.1 Å². The molecule has 0 aliphatic heterocycles. The fourth-order valence-electron chi connectivity index (χ4n) is 3.33. The van der Waals surface area contributed by atoms with E-state index >= 15 is 0 Å². The highest BCUT2D eigenvalue weighted by atomic mass is 15.0. The molecule has 88 valence electrons. The Balaban J connectivity index is 1.78. The first-order valence-corrected chi connectivity index (χ1v) is 6.86. The first-order valence-electron chi connectivity index (χ1n) is 6.86. The van der Waals surface area contributed by atoms with Gasteiger partial charge in [-0.25, -0.2) is 0 Å². The van der Waals surface area contributed by atoms with Crippen molar-refractivity contribution in [3.63, 3.8) is 0 Å². The van der Waals surface area contributed by atoms with E-state index in [-0.39, 0.29) is 0 Å². The molecule has 0 amide bonds. The van der Waals surface area contributed by atoms with Gasteiger partial charge in [-0.2, -0.15) is 0 Å². The predicted octanol–water partition coefficient (Wildman–Crippen LogP) is 2.43. The molecule has 15 heavy (non-hydrogen) atoms. The van der Waals surface area contributed by atoms with E-state index in [0.29, 0.717) is 6.04 Å². The van der Waals surface area contributed by atoms with Crippen LogP contribution in [0.2, 0.25) is 0 Å². The summed E-state index contributed by atoms with van der Waals surface area (Å²) in [6, 6.07) is 1.38. The molecule has 3 N–H and O–H groups in total. The molecule has 0 radical (unpaired) electrons. The lowest BCUT2D eigenvalue weighted by Crippen LogP contribution is -2.47. The Bertz CT molecular complexity index is 169. The summed E-state index contributed by atoms with van der Waals surface area (Å²) in [5.74, 6) is 0.872. The second-order valence-electron chi connectivity index (χ2n) is 5.39. The predicted molar refractivity (Wildman–Crippen MR) is 64.8 cm³/mol. The van der Waals surface area contributed by atoms with Crippen LogP contribution >= 0.6 is 0 Å². The molecule has 0 spiro atoms. The molecule has 2 aliphatic rings. The zero-order chi connectivity index (χ0) is 10.5. The summed E-state index contributed by atoms with van der Waals surface area (Å²) >= 11 is 0. The number of hydrogen-bond acceptors (Lipinski definition) is 2. The lowest BCUT2D eigenvalue weighted by Gasteiger charge is -2.31. The highest BCUT2D eigenvalue weighted by Crippen LogP contribution is 2.28. The monoisotopic (exact) mass is 210 g/mol. The molecule has 0 heterocycles. The van der Waals surface area contributed by atoms with Crippen molar-refractivity contribution in [2.45, 2.75) is 69.9 Å². The van der Waals surface area contributed by atoms with Crippen molar-refractivity contribution < 1.29 is 0 Å². The van der Waals surface area contributed by atoms with Gasteiger partial charge in [-0.15, -0.1) is 0 Å². The molecule has 2 aliphatic carbocycles. The third-order valence-corrected chi connectivity index (χ3v) is 4.28. The minimum absolute atomic E-state index is 0.607. The van der Waals surface area contributed by atoms with Gasteiger partial charge in [0.05, 0.1) is 0 Å². The van der Waals surface area contributed by atoms with Crippen molar-refractivity contribution in [1.29, 1.82) is 0 Å². The van der Waals surface area contributed by atoms with Crippen LogP contribution in [-0.2, 0) is 0 Å². The van der Waals surface area contributed by atoms with E-state index in [1.807, 2.05) is 0 Å². The van der Waals surface area contributed by atoms with Crippen LogP contribution in [0.3, 0.4) is 0 Å². The molecule has 1 atom stereocenters. The van der Waals surface area contributed by atoms with Crippen molar-refractivity contribution >= 4 is 0 Å². The second-order valence-corrected chi connectivity index (χ2v) is 5.39. The molecule has 1 unspecified atom stereocenters. The van der Waals surface area contributed by atoms with Crippen LogP contribution in [0, 0.1) is 5.92 Å². The van der Waals surface area contributed by atoms with E-state index in [1.54, 1.807) is 0 Å². The number of nitrogens with two attached hydrogens (primary N) is 1. The Labute approximate surface area is 94.0 Å². The van der Waals surface area contributed by atoms with E-state index in [9.17, 15) is 0 Å². The van der Waals surface area contributed by atoms with Gasteiger partial charge in [-0.3, -0.25) is 0 Å². The molecule has 2 rings (SSSR count). The summed E-state index contributed by atoms with van der Waals surface area (Å²) in [5.41, 5.74) is 5.91. The lowest BCUT2D eigenvalue weighted by atomic mass is 9.92. The van der Waals surface area contributed by atoms with Gasteiger partial charge in [0.2, 0.25) is 0 Å². The maximum absolute atomic E-state index is 5.91.